The van der Waals surface area contributed by atoms with Crippen LogP contribution in [0.2, 0.25) is 0 Å². The van der Waals surface area contributed by atoms with Crippen LogP contribution in [0.15, 0.2) is 58.2 Å². The van der Waals surface area contributed by atoms with E-state index >= 15 is 0 Å². The zero-order valence-corrected chi connectivity index (χ0v) is 27.4. The molecule has 3 rings (SSSR count). The second-order valence-corrected chi connectivity index (χ2v) is 11.6. The molecular weight excluding hydrogens is 612 g/mol. The van der Waals surface area contributed by atoms with E-state index in [9.17, 15) is 31.1 Å². The van der Waals surface area contributed by atoms with Crippen LogP contribution >= 0.6 is 11.8 Å². The van der Waals surface area contributed by atoms with E-state index in [1.807, 2.05) is 37.7 Å². The Morgan fingerprint density at radius 2 is 1.78 bits per heavy atom. The van der Waals surface area contributed by atoms with Crippen LogP contribution in [0.5, 0.6) is 0 Å². The fraction of sp³-hybridized carbons (Fsp3) is 0.559. The fourth-order valence-electron chi connectivity index (χ4n) is 4.35. The van der Waals surface area contributed by atoms with Gasteiger partial charge in [0.25, 0.3) is 6.43 Å². The number of unbranched alkanes of at least 4 members (excludes halogenated alkanes) is 1. The highest BCUT2D eigenvalue weighted by molar-refractivity contribution is 8.00. The van der Waals surface area contributed by atoms with Crippen molar-refractivity contribution < 1.29 is 31.1 Å². The summed E-state index contributed by atoms with van der Waals surface area (Å²) in [7, 11) is 0. The number of thioether (sulfide) groups is 1. The third kappa shape index (κ3) is 14.0. The average molecular weight is 662 g/mol. The van der Waals surface area contributed by atoms with Crippen molar-refractivity contribution in [2.75, 3.05) is 0 Å². The minimum Gasteiger partial charge on any atom is -0.300 e. The summed E-state index contributed by atoms with van der Waals surface area (Å²) in [6, 6.07) is 6.90. The van der Waals surface area contributed by atoms with E-state index in [0.29, 0.717) is 6.42 Å². The summed E-state index contributed by atoms with van der Waals surface area (Å²) in [6.45, 7) is 13.1. The molecule has 4 nitrogen and oxygen atoms in total. The van der Waals surface area contributed by atoms with Crippen LogP contribution in [0.4, 0.5) is 26.3 Å². The largest absolute Gasteiger partial charge is 0.433 e. The minimum absolute atomic E-state index is 0. The third-order valence-electron chi connectivity index (χ3n) is 7.02. The number of alkyl halides is 5. The molecule has 1 fully saturated rings. The van der Waals surface area contributed by atoms with Gasteiger partial charge in [-0.1, -0.05) is 67.0 Å². The molecular formula is C34H49F6N3OS. The molecule has 1 aliphatic rings. The predicted molar refractivity (Wildman–Crippen MR) is 175 cm³/mol. The van der Waals surface area contributed by atoms with Gasteiger partial charge in [0.15, 0.2) is 0 Å². The van der Waals surface area contributed by atoms with Gasteiger partial charge in [-0.2, -0.15) is 18.3 Å². The monoisotopic (exact) mass is 661 g/mol. The first-order valence-corrected chi connectivity index (χ1v) is 15.9. The van der Waals surface area contributed by atoms with Crippen molar-refractivity contribution in [1.82, 2.24) is 9.78 Å². The van der Waals surface area contributed by atoms with E-state index in [0.717, 1.165) is 34.1 Å². The molecule has 0 spiro atoms. The van der Waals surface area contributed by atoms with E-state index in [4.69, 9.17) is 0 Å². The SMILES string of the molecule is C.CC.CCC(C)C1CCC1Sc1ccc(F)cc1.C\C=C(/C=N/C(=C/CCC)C(F)(F)F)n1cc(CC(C)=O)c(C(F)F)n1. The van der Waals surface area contributed by atoms with E-state index in [1.54, 1.807) is 19.1 Å². The minimum atomic E-state index is -4.62. The molecule has 3 atom stereocenters. The van der Waals surface area contributed by atoms with Crippen molar-refractivity contribution in [1.29, 1.82) is 0 Å². The zero-order valence-electron chi connectivity index (χ0n) is 26.6. The lowest BCUT2D eigenvalue weighted by Crippen LogP contribution is -2.33. The molecule has 0 N–H and O–H groups in total. The van der Waals surface area contributed by atoms with E-state index in [2.05, 4.69) is 23.9 Å². The van der Waals surface area contributed by atoms with E-state index in [1.165, 1.54) is 50.3 Å². The van der Waals surface area contributed by atoms with Gasteiger partial charge >= 0.3 is 6.18 Å². The standard InChI is InChI=1S/C17H20F5N3O.C14H19FS.C2H6.CH4/c1-4-6-7-14(17(20,21)22)23-9-13(5-2)25-10-12(8-11(3)26)15(24-25)16(18)19;1-3-10(2)13-8-9-14(13)16-12-6-4-11(15)5-7-12;1-2;/h5,7,9-10,16H,4,6,8H2,1-3H3;4-7,10,13-14H,3,8-9H2,1-2H3;1-2H3;1H4/b13-5+,14-7+,23-9+;;;. The van der Waals surface area contributed by atoms with Crippen molar-refractivity contribution in [2.45, 2.75) is 117 Å². The summed E-state index contributed by atoms with van der Waals surface area (Å²) in [4.78, 5) is 15.9. The molecule has 1 aromatic heterocycles. The summed E-state index contributed by atoms with van der Waals surface area (Å²) < 4.78 is 78.8. The Kier molecular flexibility index (Phi) is 19.7. The number of carbonyl (C=O) groups excluding carboxylic acids is 1. The Balaban J connectivity index is 0.000000870. The Labute approximate surface area is 269 Å². The number of Topliss-reactive ketones (excluding diaryl/α,β-unsaturated/α-hetero) is 1. The van der Waals surface area contributed by atoms with Gasteiger partial charge < -0.3 is 0 Å². The molecule has 0 bridgehead atoms. The van der Waals surface area contributed by atoms with E-state index < -0.39 is 24.0 Å². The molecule has 45 heavy (non-hydrogen) atoms. The van der Waals surface area contributed by atoms with Gasteiger partial charge in [-0.25, -0.2) is 22.8 Å². The summed E-state index contributed by atoms with van der Waals surface area (Å²) in [5, 5.41) is 4.44. The highest BCUT2D eigenvalue weighted by Gasteiger charge is 2.35. The van der Waals surface area contributed by atoms with Gasteiger partial charge in [0.2, 0.25) is 0 Å². The van der Waals surface area contributed by atoms with Crippen LogP contribution in [0.3, 0.4) is 0 Å². The Hall–Kier alpha value is -2.82. The van der Waals surface area contributed by atoms with Crippen LogP contribution in [0.1, 0.15) is 106 Å². The van der Waals surface area contributed by atoms with Crippen LogP contribution in [-0.4, -0.2) is 33.2 Å². The second kappa shape index (κ2) is 21.1. The van der Waals surface area contributed by atoms with Gasteiger partial charge in [-0.15, -0.1) is 11.8 Å². The van der Waals surface area contributed by atoms with Gasteiger partial charge in [-0.05, 0) is 69.2 Å². The number of ketones is 1. The number of hydrogen-bond donors (Lipinski definition) is 0. The summed E-state index contributed by atoms with van der Waals surface area (Å²) in [5.74, 6) is 1.21. The highest BCUT2D eigenvalue weighted by atomic mass is 32.2. The normalized spacial score (nSPS) is 17.5. The molecule has 11 heteroatoms. The molecule has 0 radical (unpaired) electrons. The second-order valence-electron chi connectivity index (χ2n) is 10.2. The lowest BCUT2D eigenvalue weighted by Gasteiger charge is -2.40. The van der Waals surface area contributed by atoms with Gasteiger partial charge in [0, 0.05) is 28.3 Å². The lowest BCUT2D eigenvalue weighted by molar-refractivity contribution is -0.116. The van der Waals surface area contributed by atoms with Crippen molar-refractivity contribution in [3.63, 3.8) is 0 Å². The molecule has 1 saturated carbocycles. The zero-order chi connectivity index (χ0) is 33.4. The Morgan fingerprint density at radius 1 is 1.16 bits per heavy atom. The van der Waals surface area contributed by atoms with Crippen LogP contribution in [0, 0.1) is 17.7 Å². The van der Waals surface area contributed by atoms with Crippen LogP contribution in [0.25, 0.3) is 5.70 Å². The maximum atomic E-state index is 13.1. The number of benzene rings is 1. The quantitative estimate of drug-likeness (QED) is 0.168. The van der Waals surface area contributed by atoms with Crippen LogP contribution < -0.4 is 0 Å². The maximum absolute atomic E-state index is 13.1. The molecule has 1 aliphatic carbocycles. The fourth-order valence-corrected chi connectivity index (χ4v) is 5.83. The number of rotatable bonds is 12. The molecule has 2 aromatic rings. The average Bonchev–Trinajstić information content (AvgIpc) is 3.37. The van der Waals surface area contributed by atoms with Crippen molar-refractivity contribution >= 4 is 29.5 Å². The Bertz CT molecular complexity index is 1240. The molecule has 0 amide bonds. The lowest BCUT2D eigenvalue weighted by atomic mass is 9.75. The molecule has 0 saturated heterocycles. The number of allylic oxidation sites excluding steroid dienone is 4. The van der Waals surface area contributed by atoms with Crippen LogP contribution in [-0.2, 0) is 11.2 Å². The number of halogens is 6. The molecule has 0 aliphatic heterocycles. The molecule has 1 aromatic carbocycles. The van der Waals surface area contributed by atoms with Gasteiger partial charge in [0.05, 0.1) is 11.9 Å². The smallest absolute Gasteiger partial charge is 0.300 e. The Morgan fingerprint density at radius 3 is 2.22 bits per heavy atom. The topological polar surface area (TPSA) is 47.2 Å². The summed E-state index contributed by atoms with van der Waals surface area (Å²) in [5.41, 5.74) is -1.54. The maximum Gasteiger partial charge on any atom is 0.433 e. The number of aromatic nitrogens is 2. The van der Waals surface area contributed by atoms with E-state index in [-0.39, 0.29) is 43.1 Å². The van der Waals surface area contributed by atoms with Crippen molar-refractivity contribution in [3.05, 3.63) is 65.4 Å². The molecule has 3 unspecified atom stereocenters. The summed E-state index contributed by atoms with van der Waals surface area (Å²) in [6.07, 6.45) is 1.39. The number of carbonyl (C=O) groups is 1. The predicted octanol–water partition coefficient (Wildman–Crippen LogP) is 11.5. The number of hydrogen-bond acceptors (Lipinski definition) is 4. The first-order valence-electron chi connectivity index (χ1n) is 15.1. The van der Waals surface area contributed by atoms with Crippen molar-refractivity contribution in [2.24, 2.45) is 16.8 Å². The summed E-state index contributed by atoms with van der Waals surface area (Å²) >= 11 is 1.92. The molecule has 254 valence electrons. The number of aliphatic imine (C=N–C) groups is 1. The van der Waals surface area contributed by atoms with Gasteiger partial charge in [0.1, 0.15) is 23.0 Å². The first-order chi connectivity index (χ1) is 20.8. The first kappa shape index (κ1) is 42.2. The highest BCUT2D eigenvalue weighted by Crippen LogP contribution is 2.45. The number of nitrogens with zero attached hydrogens (tertiary/aromatic N) is 3. The van der Waals surface area contributed by atoms with Crippen molar-refractivity contribution in [3.8, 4) is 0 Å². The van der Waals surface area contributed by atoms with Gasteiger partial charge in [-0.3, -0.25) is 4.79 Å². The molecule has 1 heterocycles. The third-order valence-corrected chi connectivity index (χ3v) is 8.45.